The molecule has 1 unspecified atom stereocenters. The van der Waals surface area contributed by atoms with Crippen LogP contribution in [0.4, 0.5) is 8.78 Å². The molecule has 0 spiro atoms. The first-order chi connectivity index (χ1) is 11.1. The molecular weight excluding hydrogens is 312 g/mol. The molecule has 0 saturated heterocycles. The lowest BCUT2D eigenvalue weighted by Gasteiger charge is -2.13. The molecule has 1 aromatic heterocycles. The molecule has 3 aromatic rings. The van der Waals surface area contributed by atoms with Gasteiger partial charge in [-0.15, -0.1) is 11.3 Å². The molecule has 0 amide bonds. The zero-order valence-electron chi connectivity index (χ0n) is 13.0. The van der Waals surface area contributed by atoms with E-state index in [2.05, 4.69) is 41.9 Å². The highest BCUT2D eigenvalue weighted by Crippen LogP contribution is 2.29. The van der Waals surface area contributed by atoms with Crippen molar-refractivity contribution in [1.82, 2.24) is 5.32 Å². The van der Waals surface area contributed by atoms with Crippen LogP contribution in [0.25, 0.3) is 10.1 Å². The quantitative estimate of drug-likeness (QED) is 0.591. The summed E-state index contributed by atoms with van der Waals surface area (Å²) in [4.78, 5) is 0. The Balaban J connectivity index is 1.54. The molecular formula is C19H19F2NS. The van der Waals surface area contributed by atoms with Crippen LogP contribution in [-0.4, -0.2) is 6.54 Å². The molecule has 0 saturated carbocycles. The number of nitrogens with one attached hydrogen (secondary N) is 1. The fourth-order valence-electron chi connectivity index (χ4n) is 2.81. The molecule has 0 aliphatic rings. The summed E-state index contributed by atoms with van der Waals surface area (Å²) in [6.07, 6.45) is 1.51. The Morgan fingerprint density at radius 2 is 1.83 bits per heavy atom. The van der Waals surface area contributed by atoms with Gasteiger partial charge in [-0.3, -0.25) is 0 Å². The topological polar surface area (TPSA) is 12.0 Å². The molecule has 0 radical (unpaired) electrons. The van der Waals surface area contributed by atoms with Crippen molar-refractivity contribution in [3.63, 3.8) is 0 Å². The van der Waals surface area contributed by atoms with Crippen molar-refractivity contribution in [3.05, 3.63) is 70.6 Å². The van der Waals surface area contributed by atoms with Gasteiger partial charge in [-0.2, -0.15) is 0 Å². The Kier molecular flexibility index (Phi) is 5.03. The third-order valence-corrected chi connectivity index (χ3v) is 4.97. The monoisotopic (exact) mass is 331 g/mol. The second kappa shape index (κ2) is 7.20. The minimum absolute atomic E-state index is 0.260. The molecule has 2 aromatic carbocycles. The summed E-state index contributed by atoms with van der Waals surface area (Å²) in [7, 11) is 0. The van der Waals surface area contributed by atoms with E-state index in [9.17, 15) is 8.78 Å². The lowest BCUT2D eigenvalue weighted by molar-refractivity contribution is 0.556. The zero-order chi connectivity index (χ0) is 16.2. The van der Waals surface area contributed by atoms with E-state index in [0.29, 0.717) is 12.0 Å². The van der Waals surface area contributed by atoms with Crippen LogP contribution in [0, 0.1) is 11.6 Å². The van der Waals surface area contributed by atoms with Gasteiger partial charge in [0.2, 0.25) is 0 Å². The van der Waals surface area contributed by atoms with Crippen LogP contribution in [-0.2, 0) is 6.42 Å². The third-order valence-electron chi connectivity index (χ3n) is 3.99. The van der Waals surface area contributed by atoms with Crippen LogP contribution in [0.15, 0.2) is 47.8 Å². The van der Waals surface area contributed by atoms with E-state index in [-0.39, 0.29) is 6.04 Å². The molecule has 1 N–H and O–H groups in total. The first kappa shape index (κ1) is 16.1. The Morgan fingerprint density at radius 3 is 2.61 bits per heavy atom. The highest BCUT2D eigenvalue weighted by Gasteiger charge is 2.10. The second-order valence-electron chi connectivity index (χ2n) is 5.74. The van der Waals surface area contributed by atoms with Gasteiger partial charge < -0.3 is 5.32 Å². The Morgan fingerprint density at radius 1 is 1.09 bits per heavy atom. The predicted molar refractivity (Wildman–Crippen MR) is 92.9 cm³/mol. The van der Waals surface area contributed by atoms with Gasteiger partial charge in [0.15, 0.2) is 0 Å². The van der Waals surface area contributed by atoms with Crippen molar-refractivity contribution in [2.24, 2.45) is 0 Å². The third kappa shape index (κ3) is 3.95. The number of aryl methyl sites for hydroxylation is 1. The van der Waals surface area contributed by atoms with Gasteiger partial charge in [-0.05, 0) is 66.4 Å². The molecule has 1 atom stereocenters. The van der Waals surface area contributed by atoms with Gasteiger partial charge in [0, 0.05) is 16.8 Å². The van der Waals surface area contributed by atoms with Crippen molar-refractivity contribution < 1.29 is 8.78 Å². The smallest absolute Gasteiger partial charge is 0.126 e. The van der Waals surface area contributed by atoms with Gasteiger partial charge in [-0.1, -0.05) is 18.2 Å². The second-order valence-corrected chi connectivity index (χ2v) is 6.66. The highest BCUT2D eigenvalue weighted by molar-refractivity contribution is 7.17. The zero-order valence-corrected chi connectivity index (χ0v) is 13.8. The minimum atomic E-state index is -0.508. The van der Waals surface area contributed by atoms with Gasteiger partial charge in [0.05, 0.1) is 0 Å². The van der Waals surface area contributed by atoms with Crippen molar-refractivity contribution in [3.8, 4) is 0 Å². The maximum Gasteiger partial charge on any atom is 0.126 e. The SMILES string of the molecule is CC(NCCCc1cc(F)cc(F)c1)c1csc2ccccc12. The van der Waals surface area contributed by atoms with E-state index < -0.39 is 11.6 Å². The summed E-state index contributed by atoms with van der Waals surface area (Å²) in [5.74, 6) is -1.02. The number of fused-ring (bicyclic) bond motifs is 1. The Hall–Kier alpha value is -1.78. The van der Waals surface area contributed by atoms with E-state index in [0.717, 1.165) is 19.0 Å². The van der Waals surface area contributed by atoms with Crippen molar-refractivity contribution in [2.75, 3.05) is 6.54 Å². The average Bonchev–Trinajstić information content (AvgIpc) is 2.94. The predicted octanol–water partition coefficient (Wildman–Crippen LogP) is 5.46. The van der Waals surface area contributed by atoms with Crippen LogP contribution >= 0.6 is 11.3 Å². The van der Waals surface area contributed by atoms with Gasteiger partial charge >= 0.3 is 0 Å². The maximum atomic E-state index is 13.1. The largest absolute Gasteiger partial charge is 0.310 e. The number of hydrogen-bond acceptors (Lipinski definition) is 2. The standard InChI is InChI=1S/C19H19F2NS/c1-13(18-12-23-19-7-3-2-6-17(18)19)22-8-4-5-14-9-15(20)11-16(21)10-14/h2-3,6-7,9-13,22H,4-5,8H2,1H3. The van der Waals surface area contributed by atoms with Crippen LogP contribution in [0.1, 0.15) is 30.5 Å². The Labute approximate surface area is 139 Å². The lowest BCUT2D eigenvalue weighted by atomic mass is 10.1. The maximum absolute atomic E-state index is 13.1. The summed E-state index contributed by atoms with van der Waals surface area (Å²) in [5, 5.41) is 6.99. The molecule has 4 heteroatoms. The van der Waals surface area contributed by atoms with Crippen LogP contribution in [0.5, 0.6) is 0 Å². The molecule has 0 fully saturated rings. The number of thiophene rings is 1. The molecule has 1 nitrogen and oxygen atoms in total. The number of hydrogen-bond donors (Lipinski definition) is 1. The van der Waals surface area contributed by atoms with Crippen molar-refractivity contribution in [2.45, 2.75) is 25.8 Å². The minimum Gasteiger partial charge on any atom is -0.310 e. The molecule has 120 valence electrons. The van der Waals surface area contributed by atoms with Gasteiger partial charge in [0.1, 0.15) is 11.6 Å². The summed E-state index contributed by atoms with van der Waals surface area (Å²) >= 11 is 1.76. The summed E-state index contributed by atoms with van der Waals surface area (Å²) in [6, 6.07) is 12.4. The number of halogens is 2. The lowest BCUT2D eigenvalue weighted by Crippen LogP contribution is -2.20. The van der Waals surface area contributed by atoms with Gasteiger partial charge in [0.25, 0.3) is 0 Å². The average molecular weight is 331 g/mol. The molecule has 0 aliphatic heterocycles. The fraction of sp³-hybridized carbons (Fsp3) is 0.263. The van der Waals surface area contributed by atoms with E-state index in [1.54, 1.807) is 11.3 Å². The summed E-state index contributed by atoms with van der Waals surface area (Å²) in [6.45, 7) is 2.96. The summed E-state index contributed by atoms with van der Waals surface area (Å²) in [5.41, 5.74) is 2.01. The first-order valence-corrected chi connectivity index (χ1v) is 8.66. The van der Waals surface area contributed by atoms with E-state index >= 15 is 0 Å². The fourth-order valence-corrected chi connectivity index (χ4v) is 3.87. The molecule has 23 heavy (non-hydrogen) atoms. The van der Waals surface area contributed by atoms with Crippen LogP contribution in [0.2, 0.25) is 0 Å². The molecule has 0 aliphatic carbocycles. The first-order valence-electron chi connectivity index (χ1n) is 7.78. The highest BCUT2D eigenvalue weighted by atomic mass is 32.1. The van der Waals surface area contributed by atoms with Crippen LogP contribution in [0.3, 0.4) is 0 Å². The normalized spacial score (nSPS) is 12.7. The van der Waals surface area contributed by atoms with Crippen molar-refractivity contribution >= 4 is 21.4 Å². The molecule has 3 rings (SSSR count). The van der Waals surface area contributed by atoms with E-state index in [4.69, 9.17) is 0 Å². The van der Waals surface area contributed by atoms with Crippen LogP contribution < -0.4 is 5.32 Å². The Bertz CT molecular complexity index is 777. The van der Waals surface area contributed by atoms with E-state index in [1.807, 2.05) is 0 Å². The number of benzene rings is 2. The van der Waals surface area contributed by atoms with Gasteiger partial charge in [-0.25, -0.2) is 8.78 Å². The number of rotatable bonds is 6. The molecule has 0 bridgehead atoms. The summed E-state index contributed by atoms with van der Waals surface area (Å²) < 4.78 is 27.6. The molecule has 1 heterocycles. The van der Waals surface area contributed by atoms with E-state index in [1.165, 1.54) is 27.8 Å². The van der Waals surface area contributed by atoms with Crippen molar-refractivity contribution in [1.29, 1.82) is 0 Å².